The summed E-state index contributed by atoms with van der Waals surface area (Å²) in [7, 11) is 0. The minimum atomic E-state index is -0.233. The lowest BCUT2D eigenvalue weighted by atomic mass is 9.94. The zero-order valence-corrected chi connectivity index (χ0v) is 16.0. The van der Waals surface area contributed by atoms with Gasteiger partial charge in [0.15, 0.2) is 0 Å². The Balaban J connectivity index is 1.58. The number of amides is 1. The number of H-pyrrole nitrogens is 1. The Morgan fingerprint density at radius 2 is 1.96 bits per heavy atom. The number of benzene rings is 2. The van der Waals surface area contributed by atoms with E-state index < -0.39 is 0 Å². The van der Waals surface area contributed by atoms with E-state index in [9.17, 15) is 4.79 Å². The van der Waals surface area contributed by atoms with Gasteiger partial charge in [0.25, 0.3) is 0 Å². The Bertz CT molecular complexity index is 929. The molecule has 0 fully saturated rings. The third-order valence-electron chi connectivity index (χ3n) is 5.35. The fourth-order valence-corrected chi connectivity index (χ4v) is 4.09. The van der Waals surface area contributed by atoms with Crippen LogP contribution in [0.4, 0.5) is 0 Å². The molecule has 2 heterocycles. The quantitative estimate of drug-likeness (QED) is 0.641. The summed E-state index contributed by atoms with van der Waals surface area (Å²) in [5, 5.41) is 8.05. The maximum atomic E-state index is 13.0. The molecule has 1 aromatic heterocycles. The highest BCUT2D eigenvalue weighted by Gasteiger charge is 2.29. The first-order valence-electron chi connectivity index (χ1n) is 9.78. The Kier molecular flexibility index (Phi) is 4.99. The van der Waals surface area contributed by atoms with Gasteiger partial charge in [0.1, 0.15) is 0 Å². The van der Waals surface area contributed by atoms with E-state index in [1.54, 1.807) is 0 Å². The Labute approximate surface area is 160 Å². The molecular weight excluding hydrogens is 334 g/mol. The average molecular weight is 361 g/mol. The molecule has 140 valence electrons. The second-order valence-electron chi connectivity index (χ2n) is 7.89. The van der Waals surface area contributed by atoms with Crippen LogP contribution < -0.4 is 10.6 Å². The predicted octanol–water partition coefficient (Wildman–Crippen LogP) is 4.09. The van der Waals surface area contributed by atoms with Crippen LogP contribution in [0.15, 0.2) is 54.7 Å². The van der Waals surface area contributed by atoms with Crippen molar-refractivity contribution in [3.05, 3.63) is 71.4 Å². The highest BCUT2D eigenvalue weighted by Crippen LogP contribution is 2.34. The first kappa shape index (κ1) is 17.8. The molecule has 27 heavy (non-hydrogen) atoms. The lowest BCUT2D eigenvalue weighted by Gasteiger charge is -2.25. The van der Waals surface area contributed by atoms with Crippen LogP contribution in [0, 0.1) is 5.92 Å². The second kappa shape index (κ2) is 7.57. The molecule has 1 amide bonds. The standard InChI is InChI=1S/C23H27N3O/c1-15(2)11-20-18-9-6-10-19-22(18)17(14-24-19)12-21(26-20)23(27)25-13-16-7-4-3-5-8-16/h3-10,14-15,20-21,24,26H,11-13H2,1-2H3,(H,25,27). The van der Waals surface area contributed by atoms with Crippen LogP contribution in [0.3, 0.4) is 0 Å². The number of nitrogens with one attached hydrogen (secondary N) is 3. The lowest BCUT2D eigenvalue weighted by Crippen LogP contribution is -2.46. The number of hydrogen-bond donors (Lipinski definition) is 3. The van der Waals surface area contributed by atoms with Crippen LogP contribution in [0.25, 0.3) is 10.9 Å². The lowest BCUT2D eigenvalue weighted by molar-refractivity contribution is -0.123. The SMILES string of the molecule is CC(C)CC1NC(C(=O)NCc2ccccc2)Cc2c[nH]c3cccc1c23. The minimum Gasteiger partial charge on any atom is -0.361 e. The van der Waals surface area contributed by atoms with Gasteiger partial charge in [-0.1, -0.05) is 56.3 Å². The van der Waals surface area contributed by atoms with E-state index in [1.807, 2.05) is 30.3 Å². The van der Waals surface area contributed by atoms with Crippen LogP contribution in [-0.2, 0) is 17.8 Å². The fourth-order valence-electron chi connectivity index (χ4n) is 4.09. The normalized spacial score (nSPS) is 19.2. The van der Waals surface area contributed by atoms with Gasteiger partial charge in [0, 0.05) is 29.7 Å². The van der Waals surface area contributed by atoms with E-state index in [1.165, 1.54) is 16.5 Å². The number of aromatic nitrogens is 1. The van der Waals surface area contributed by atoms with Crippen molar-refractivity contribution in [3.63, 3.8) is 0 Å². The molecule has 2 unspecified atom stereocenters. The van der Waals surface area contributed by atoms with Crippen LogP contribution >= 0.6 is 0 Å². The molecule has 2 aromatic carbocycles. The smallest absolute Gasteiger partial charge is 0.237 e. The first-order valence-corrected chi connectivity index (χ1v) is 9.78. The molecule has 0 aliphatic carbocycles. The zero-order chi connectivity index (χ0) is 18.8. The Morgan fingerprint density at radius 3 is 2.74 bits per heavy atom. The maximum Gasteiger partial charge on any atom is 0.237 e. The molecule has 4 rings (SSSR count). The monoisotopic (exact) mass is 361 g/mol. The summed E-state index contributed by atoms with van der Waals surface area (Å²) in [5.74, 6) is 0.612. The van der Waals surface area contributed by atoms with Crippen molar-refractivity contribution in [2.24, 2.45) is 5.92 Å². The third kappa shape index (κ3) is 3.76. The van der Waals surface area contributed by atoms with Crippen molar-refractivity contribution in [1.29, 1.82) is 0 Å². The summed E-state index contributed by atoms with van der Waals surface area (Å²) in [5.41, 5.74) is 4.80. The van der Waals surface area contributed by atoms with E-state index in [4.69, 9.17) is 0 Å². The molecule has 2 atom stereocenters. The number of carbonyl (C=O) groups is 1. The van der Waals surface area contributed by atoms with Crippen molar-refractivity contribution in [2.45, 2.75) is 45.3 Å². The molecule has 4 heteroatoms. The van der Waals surface area contributed by atoms with Crippen molar-refractivity contribution >= 4 is 16.8 Å². The van der Waals surface area contributed by atoms with Crippen LogP contribution in [0.1, 0.15) is 43.0 Å². The van der Waals surface area contributed by atoms with E-state index in [0.717, 1.165) is 17.5 Å². The largest absolute Gasteiger partial charge is 0.361 e. The van der Waals surface area contributed by atoms with Gasteiger partial charge in [0.05, 0.1) is 6.04 Å². The van der Waals surface area contributed by atoms with Gasteiger partial charge in [-0.25, -0.2) is 0 Å². The Morgan fingerprint density at radius 1 is 1.15 bits per heavy atom. The molecule has 0 radical (unpaired) electrons. The van der Waals surface area contributed by atoms with Gasteiger partial charge in [-0.2, -0.15) is 0 Å². The van der Waals surface area contributed by atoms with Gasteiger partial charge in [-0.3, -0.25) is 10.1 Å². The minimum absolute atomic E-state index is 0.0646. The highest BCUT2D eigenvalue weighted by atomic mass is 16.2. The molecule has 0 saturated heterocycles. The number of aromatic amines is 1. The van der Waals surface area contributed by atoms with E-state index >= 15 is 0 Å². The summed E-state index contributed by atoms with van der Waals surface area (Å²) in [6, 6.07) is 16.4. The van der Waals surface area contributed by atoms with E-state index in [0.29, 0.717) is 18.9 Å². The van der Waals surface area contributed by atoms with E-state index in [2.05, 4.69) is 53.9 Å². The summed E-state index contributed by atoms with van der Waals surface area (Å²) in [4.78, 5) is 16.3. The summed E-state index contributed by atoms with van der Waals surface area (Å²) >= 11 is 0. The molecule has 1 aliphatic heterocycles. The molecule has 3 aromatic rings. The van der Waals surface area contributed by atoms with Gasteiger partial charge < -0.3 is 10.3 Å². The summed E-state index contributed by atoms with van der Waals surface area (Å²) < 4.78 is 0. The van der Waals surface area contributed by atoms with Crippen molar-refractivity contribution in [1.82, 2.24) is 15.6 Å². The summed E-state index contributed by atoms with van der Waals surface area (Å²) in [6.45, 7) is 5.02. The van der Waals surface area contributed by atoms with Gasteiger partial charge in [-0.15, -0.1) is 0 Å². The van der Waals surface area contributed by atoms with Gasteiger partial charge >= 0.3 is 0 Å². The molecule has 0 spiro atoms. The van der Waals surface area contributed by atoms with E-state index in [-0.39, 0.29) is 18.0 Å². The molecule has 0 bridgehead atoms. The fraction of sp³-hybridized carbons (Fsp3) is 0.348. The first-order chi connectivity index (χ1) is 13.1. The molecule has 4 nitrogen and oxygen atoms in total. The predicted molar refractivity (Wildman–Crippen MR) is 109 cm³/mol. The highest BCUT2D eigenvalue weighted by molar-refractivity contribution is 5.90. The zero-order valence-electron chi connectivity index (χ0n) is 16.0. The molecular formula is C23H27N3O. The maximum absolute atomic E-state index is 13.0. The second-order valence-corrected chi connectivity index (χ2v) is 7.89. The van der Waals surface area contributed by atoms with Gasteiger partial charge in [0.2, 0.25) is 5.91 Å². The number of hydrogen-bond acceptors (Lipinski definition) is 2. The Hall–Kier alpha value is -2.59. The van der Waals surface area contributed by atoms with Crippen LogP contribution in [0.2, 0.25) is 0 Å². The van der Waals surface area contributed by atoms with Crippen molar-refractivity contribution in [2.75, 3.05) is 0 Å². The topological polar surface area (TPSA) is 56.9 Å². The average Bonchev–Trinajstić information content (AvgIpc) is 3.01. The summed E-state index contributed by atoms with van der Waals surface area (Å²) in [6.07, 6.45) is 3.77. The van der Waals surface area contributed by atoms with Crippen LogP contribution in [0.5, 0.6) is 0 Å². The molecule has 1 aliphatic rings. The molecule has 0 saturated carbocycles. The molecule has 3 N–H and O–H groups in total. The van der Waals surface area contributed by atoms with Gasteiger partial charge in [-0.05, 0) is 41.5 Å². The number of carbonyl (C=O) groups excluding carboxylic acids is 1. The third-order valence-corrected chi connectivity index (χ3v) is 5.35. The number of rotatable bonds is 5. The van der Waals surface area contributed by atoms with Crippen LogP contribution in [-0.4, -0.2) is 16.9 Å². The van der Waals surface area contributed by atoms with Crippen molar-refractivity contribution < 1.29 is 4.79 Å². The van der Waals surface area contributed by atoms with Crippen molar-refractivity contribution in [3.8, 4) is 0 Å².